The fraction of sp³-hybridized carbons (Fsp3) is 0.0833. The predicted molar refractivity (Wildman–Crippen MR) is 60.3 cm³/mol. The summed E-state index contributed by atoms with van der Waals surface area (Å²) in [6.45, 7) is 0. The first-order valence-corrected chi connectivity index (χ1v) is 5.18. The summed E-state index contributed by atoms with van der Waals surface area (Å²) in [6, 6.07) is 8.98. The Balaban J connectivity index is 1.90. The van der Waals surface area contributed by atoms with Crippen LogP contribution in [0.15, 0.2) is 42.7 Å². The van der Waals surface area contributed by atoms with Gasteiger partial charge in [-0.25, -0.2) is 14.8 Å². The lowest BCUT2D eigenvalue weighted by Gasteiger charge is -2.11. The second kappa shape index (κ2) is 3.86. The Bertz CT molecular complexity index is 557. The fourth-order valence-electron chi connectivity index (χ4n) is 1.74. The molecule has 5 nitrogen and oxygen atoms in total. The Morgan fingerprint density at radius 3 is 2.71 bits per heavy atom. The molecule has 0 bridgehead atoms. The third kappa shape index (κ3) is 1.71. The van der Waals surface area contributed by atoms with Crippen LogP contribution in [-0.2, 0) is 4.74 Å². The summed E-state index contributed by atoms with van der Waals surface area (Å²) in [6.07, 6.45) is 2.73. The Hall–Kier alpha value is -2.43. The molecule has 1 aliphatic rings. The molecule has 0 unspecified atom stereocenters. The van der Waals surface area contributed by atoms with Gasteiger partial charge in [0.2, 0.25) is 12.2 Å². The number of hydrogen-bond donors (Lipinski definition) is 1. The number of ether oxygens (including phenoxy) is 1. The minimum atomic E-state index is -0.513. The first-order chi connectivity index (χ1) is 8.34. The maximum atomic E-state index is 11.6. The van der Waals surface area contributed by atoms with Crippen molar-refractivity contribution in [2.75, 3.05) is 5.32 Å². The van der Waals surface area contributed by atoms with E-state index in [0.29, 0.717) is 11.5 Å². The number of carbonyl (C=O) groups is 1. The summed E-state index contributed by atoms with van der Waals surface area (Å²) < 4.78 is 5.21. The normalized spacial score (nSPS) is 17.4. The highest BCUT2D eigenvalue weighted by Crippen LogP contribution is 2.30. The Labute approximate surface area is 97.5 Å². The Morgan fingerprint density at radius 1 is 1.12 bits per heavy atom. The molecule has 0 amide bonds. The van der Waals surface area contributed by atoms with Crippen molar-refractivity contribution in [3.05, 3.63) is 53.9 Å². The average molecular weight is 227 g/mol. The molecular weight excluding hydrogens is 218 g/mol. The van der Waals surface area contributed by atoms with Gasteiger partial charge in [-0.15, -0.1) is 0 Å². The highest BCUT2D eigenvalue weighted by molar-refractivity contribution is 5.94. The summed E-state index contributed by atoms with van der Waals surface area (Å²) in [5, 5.41) is 2.96. The molecule has 1 N–H and O–H groups in total. The molecule has 2 heterocycles. The number of hydrogen-bond acceptors (Lipinski definition) is 5. The van der Waals surface area contributed by atoms with Crippen LogP contribution in [0.25, 0.3) is 0 Å². The molecule has 1 aliphatic heterocycles. The van der Waals surface area contributed by atoms with Gasteiger partial charge in [-0.3, -0.25) is 0 Å². The van der Waals surface area contributed by atoms with Crippen LogP contribution in [0.4, 0.5) is 5.95 Å². The number of esters is 1. The highest BCUT2D eigenvalue weighted by Gasteiger charge is 2.30. The molecule has 1 atom stereocenters. The molecule has 0 saturated carbocycles. The number of nitrogens with one attached hydrogen (secondary N) is 1. The molecular formula is C12H9N3O2. The molecule has 2 aromatic rings. The lowest BCUT2D eigenvalue weighted by molar-refractivity contribution is 0.0436. The summed E-state index contributed by atoms with van der Waals surface area (Å²) >= 11 is 0. The van der Waals surface area contributed by atoms with Crippen molar-refractivity contribution in [2.45, 2.75) is 6.23 Å². The molecule has 5 heteroatoms. The number of nitrogens with zero attached hydrogens (tertiary/aromatic N) is 2. The van der Waals surface area contributed by atoms with Crippen molar-refractivity contribution in [3.8, 4) is 0 Å². The molecule has 84 valence electrons. The third-order valence-corrected chi connectivity index (χ3v) is 2.51. The molecule has 1 aromatic heterocycles. The molecule has 3 rings (SSSR count). The van der Waals surface area contributed by atoms with Crippen LogP contribution in [0.1, 0.15) is 22.1 Å². The van der Waals surface area contributed by atoms with E-state index in [4.69, 9.17) is 4.74 Å². The number of benzene rings is 1. The standard InChI is InChI=1S/C12H9N3O2/c16-11-9-5-2-1-4-8(9)10(17-11)15-12-13-6-3-7-14-12/h1-7,10H,(H,13,14,15)/t10-/m0/s1. The van der Waals surface area contributed by atoms with E-state index in [1.54, 1.807) is 24.5 Å². The van der Waals surface area contributed by atoms with E-state index in [1.807, 2.05) is 18.2 Å². The van der Waals surface area contributed by atoms with E-state index >= 15 is 0 Å². The van der Waals surface area contributed by atoms with E-state index < -0.39 is 6.23 Å². The van der Waals surface area contributed by atoms with Gasteiger partial charge in [0.1, 0.15) is 0 Å². The maximum absolute atomic E-state index is 11.6. The number of anilines is 1. The van der Waals surface area contributed by atoms with Crippen LogP contribution in [-0.4, -0.2) is 15.9 Å². The quantitative estimate of drug-likeness (QED) is 0.792. The number of carbonyl (C=O) groups excluding carboxylic acids is 1. The number of aromatic nitrogens is 2. The zero-order chi connectivity index (χ0) is 11.7. The second-order valence-electron chi connectivity index (χ2n) is 3.59. The fourth-order valence-corrected chi connectivity index (χ4v) is 1.74. The van der Waals surface area contributed by atoms with Crippen LogP contribution < -0.4 is 5.32 Å². The average Bonchev–Trinajstić information content (AvgIpc) is 2.69. The van der Waals surface area contributed by atoms with E-state index in [0.717, 1.165) is 5.56 Å². The van der Waals surface area contributed by atoms with Crippen LogP contribution in [0.2, 0.25) is 0 Å². The number of cyclic esters (lactones) is 1. The molecule has 17 heavy (non-hydrogen) atoms. The molecule has 0 spiro atoms. The molecule has 0 aliphatic carbocycles. The second-order valence-corrected chi connectivity index (χ2v) is 3.59. The van der Waals surface area contributed by atoms with Gasteiger partial charge in [0.15, 0.2) is 0 Å². The van der Waals surface area contributed by atoms with Crippen LogP contribution in [0.5, 0.6) is 0 Å². The van der Waals surface area contributed by atoms with Gasteiger partial charge in [-0.05, 0) is 12.1 Å². The van der Waals surface area contributed by atoms with E-state index in [1.165, 1.54) is 0 Å². The van der Waals surface area contributed by atoms with Crippen molar-refractivity contribution in [1.82, 2.24) is 9.97 Å². The van der Waals surface area contributed by atoms with Crippen molar-refractivity contribution in [3.63, 3.8) is 0 Å². The molecule has 1 aromatic carbocycles. The van der Waals surface area contributed by atoms with E-state index in [9.17, 15) is 4.79 Å². The summed E-state index contributed by atoms with van der Waals surface area (Å²) in [5.41, 5.74) is 1.39. The lowest BCUT2D eigenvalue weighted by Crippen LogP contribution is -2.12. The largest absolute Gasteiger partial charge is 0.434 e. The van der Waals surface area contributed by atoms with Crippen molar-refractivity contribution < 1.29 is 9.53 Å². The predicted octanol–water partition coefficient (Wildman–Crippen LogP) is 1.76. The lowest BCUT2D eigenvalue weighted by atomic mass is 10.1. The van der Waals surface area contributed by atoms with Gasteiger partial charge in [-0.2, -0.15) is 0 Å². The number of fused-ring (bicyclic) bond motifs is 1. The molecule has 0 radical (unpaired) electrons. The van der Waals surface area contributed by atoms with Crippen molar-refractivity contribution in [1.29, 1.82) is 0 Å². The zero-order valence-corrected chi connectivity index (χ0v) is 8.83. The first-order valence-electron chi connectivity index (χ1n) is 5.18. The third-order valence-electron chi connectivity index (χ3n) is 2.51. The molecule has 0 fully saturated rings. The number of rotatable bonds is 2. The van der Waals surface area contributed by atoms with Crippen LogP contribution in [0, 0.1) is 0 Å². The highest BCUT2D eigenvalue weighted by atomic mass is 16.6. The van der Waals surface area contributed by atoms with Crippen molar-refractivity contribution >= 4 is 11.9 Å². The maximum Gasteiger partial charge on any atom is 0.340 e. The monoisotopic (exact) mass is 227 g/mol. The Morgan fingerprint density at radius 2 is 1.88 bits per heavy atom. The van der Waals surface area contributed by atoms with Crippen LogP contribution in [0.3, 0.4) is 0 Å². The van der Waals surface area contributed by atoms with Gasteiger partial charge in [-0.1, -0.05) is 18.2 Å². The van der Waals surface area contributed by atoms with Crippen molar-refractivity contribution in [2.24, 2.45) is 0 Å². The minimum absolute atomic E-state index is 0.325. The van der Waals surface area contributed by atoms with Gasteiger partial charge < -0.3 is 10.1 Å². The first kappa shape index (κ1) is 9.77. The summed E-state index contributed by atoms with van der Waals surface area (Å²) in [4.78, 5) is 19.6. The topological polar surface area (TPSA) is 64.1 Å². The smallest absolute Gasteiger partial charge is 0.340 e. The van der Waals surface area contributed by atoms with Gasteiger partial charge in [0.25, 0.3) is 0 Å². The van der Waals surface area contributed by atoms with Gasteiger partial charge in [0.05, 0.1) is 5.56 Å². The SMILES string of the molecule is O=C1O[C@H](Nc2ncccn2)c2ccccc21. The Kier molecular flexibility index (Phi) is 2.22. The summed E-state index contributed by atoms with van der Waals surface area (Å²) in [7, 11) is 0. The molecule has 0 saturated heterocycles. The van der Waals surface area contributed by atoms with Gasteiger partial charge >= 0.3 is 5.97 Å². The summed E-state index contributed by atoms with van der Waals surface area (Å²) in [5.74, 6) is 0.107. The van der Waals surface area contributed by atoms with Crippen LogP contribution >= 0.6 is 0 Å². The van der Waals surface area contributed by atoms with Gasteiger partial charge in [0, 0.05) is 18.0 Å². The van der Waals surface area contributed by atoms with E-state index in [-0.39, 0.29) is 5.97 Å². The van der Waals surface area contributed by atoms with E-state index in [2.05, 4.69) is 15.3 Å². The minimum Gasteiger partial charge on any atom is -0.434 e. The zero-order valence-electron chi connectivity index (χ0n) is 8.83.